The molecule has 0 bridgehead atoms. The summed E-state index contributed by atoms with van der Waals surface area (Å²) in [5.74, 6) is 0. The standard InChI is InChI=1S/C56H35NS2/c1-2-14-43-39(12-1)35-52(46-17-6-5-15-44(43)46)57(40-29-24-36(25-30-40)38-28-33-55-51(34-38)48-19-8-9-22-53(48)58-55)41-31-26-37(27-32-41)42-13-3-4-16-45(42)49-20-11-21-50-47-18-7-10-23-54(47)59-56(49)50/h1-35H. The molecular weight excluding hydrogens is 751 g/mol. The average Bonchev–Trinajstić information content (AvgIpc) is 3.88. The molecule has 0 aliphatic rings. The predicted molar refractivity (Wildman–Crippen MR) is 258 cm³/mol. The Morgan fingerprint density at radius 2 is 0.814 bits per heavy atom. The minimum atomic E-state index is 1.11. The summed E-state index contributed by atoms with van der Waals surface area (Å²) in [5, 5.41) is 10.2. The van der Waals surface area contributed by atoms with E-state index in [-0.39, 0.29) is 0 Å². The Kier molecular flexibility index (Phi) is 7.97. The van der Waals surface area contributed by atoms with E-state index in [1.165, 1.54) is 95.3 Å². The summed E-state index contributed by atoms with van der Waals surface area (Å²) in [7, 11) is 0. The molecule has 0 atom stereocenters. The van der Waals surface area contributed by atoms with Gasteiger partial charge >= 0.3 is 0 Å². The zero-order chi connectivity index (χ0) is 38.9. The van der Waals surface area contributed by atoms with E-state index < -0.39 is 0 Å². The lowest BCUT2D eigenvalue weighted by Gasteiger charge is -2.28. The molecule has 12 aromatic rings. The third-order valence-electron chi connectivity index (χ3n) is 11.9. The largest absolute Gasteiger partial charge is 0.310 e. The summed E-state index contributed by atoms with van der Waals surface area (Å²) in [4.78, 5) is 2.43. The fourth-order valence-corrected chi connectivity index (χ4v) is 11.4. The molecule has 276 valence electrons. The Bertz CT molecular complexity index is 3550. The van der Waals surface area contributed by atoms with Gasteiger partial charge in [-0.15, -0.1) is 22.7 Å². The fourth-order valence-electron chi connectivity index (χ4n) is 9.07. The minimum Gasteiger partial charge on any atom is -0.310 e. The van der Waals surface area contributed by atoms with Gasteiger partial charge in [0.15, 0.2) is 0 Å². The van der Waals surface area contributed by atoms with Crippen LogP contribution in [0.5, 0.6) is 0 Å². The van der Waals surface area contributed by atoms with Gasteiger partial charge in [-0.2, -0.15) is 0 Å². The smallest absolute Gasteiger partial charge is 0.0546 e. The summed E-state index contributed by atoms with van der Waals surface area (Å²) in [6, 6.07) is 78.2. The lowest BCUT2D eigenvalue weighted by atomic mass is 9.93. The quantitative estimate of drug-likeness (QED) is 0.152. The van der Waals surface area contributed by atoms with Crippen LogP contribution in [-0.2, 0) is 0 Å². The van der Waals surface area contributed by atoms with Gasteiger partial charge in [0, 0.05) is 62.7 Å². The summed E-state index contributed by atoms with van der Waals surface area (Å²) in [6.07, 6.45) is 0. The zero-order valence-electron chi connectivity index (χ0n) is 32.0. The van der Waals surface area contributed by atoms with E-state index >= 15 is 0 Å². The predicted octanol–water partition coefficient (Wildman–Crippen LogP) is 17.2. The van der Waals surface area contributed by atoms with Crippen molar-refractivity contribution in [3.05, 3.63) is 212 Å². The van der Waals surface area contributed by atoms with Crippen LogP contribution in [0.1, 0.15) is 0 Å². The number of nitrogens with zero attached hydrogens (tertiary/aromatic N) is 1. The van der Waals surface area contributed by atoms with E-state index in [0.717, 1.165) is 17.1 Å². The van der Waals surface area contributed by atoms with Crippen molar-refractivity contribution in [1.29, 1.82) is 0 Å². The Balaban J connectivity index is 0.990. The average molecular weight is 786 g/mol. The van der Waals surface area contributed by atoms with Gasteiger partial charge in [0.05, 0.1) is 5.69 Å². The third kappa shape index (κ3) is 5.66. The van der Waals surface area contributed by atoms with Crippen LogP contribution in [0.2, 0.25) is 0 Å². The first kappa shape index (κ1) is 34.0. The van der Waals surface area contributed by atoms with E-state index in [1.807, 2.05) is 22.7 Å². The van der Waals surface area contributed by atoms with Crippen LogP contribution < -0.4 is 4.90 Å². The van der Waals surface area contributed by atoms with E-state index in [0.29, 0.717) is 0 Å². The number of thiophene rings is 2. The van der Waals surface area contributed by atoms with Gasteiger partial charge in [-0.1, -0.05) is 158 Å². The van der Waals surface area contributed by atoms with E-state index in [1.54, 1.807) is 0 Å². The zero-order valence-corrected chi connectivity index (χ0v) is 33.6. The van der Waals surface area contributed by atoms with Crippen molar-refractivity contribution in [2.75, 3.05) is 4.90 Å². The second kappa shape index (κ2) is 13.8. The van der Waals surface area contributed by atoms with Gasteiger partial charge < -0.3 is 4.90 Å². The first-order valence-corrected chi connectivity index (χ1v) is 21.7. The topological polar surface area (TPSA) is 3.24 Å². The van der Waals surface area contributed by atoms with Crippen LogP contribution in [0.4, 0.5) is 17.1 Å². The first-order chi connectivity index (χ1) is 29.2. The molecule has 0 unspecified atom stereocenters. The van der Waals surface area contributed by atoms with Crippen molar-refractivity contribution in [2.45, 2.75) is 0 Å². The van der Waals surface area contributed by atoms with Gasteiger partial charge in [-0.3, -0.25) is 0 Å². The van der Waals surface area contributed by atoms with Crippen molar-refractivity contribution in [3.63, 3.8) is 0 Å². The van der Waals surface area contributed by atoms with Crippen LogP contribution in [0.3, 0.4) is 0 Å². The van der Waals surface area contributed by atoms with Crippen LogP contribution >= 0.6 is 22.7 Å². The maximum absolute atomic E-state index is 2.43. The third-order valence-corrected chi connectivity index (χ3v) is 14.3. The number of benzene rings is 10. The van der Waals surface area contributed by atoms with Crippen molar-refractivity contribution >= 4 is 102 Å². The maximum Gasteiger partial charge on any atom is 0.0546 e. The molecule has 0 amide bonds. The number of hydrogen-bond donors (Lipinski definition) is 0. The highest BCUT2D eigenvalue weighted by Gasteiger charge is 2.19. The fraction of sp³-hybridized carbons (Fsp3) is 0. The Hall–Kier alpha value is -7.04. The molecule has 12 rings (SSSR count). The molecule has 1 nitrogen and oxygen atoms in total. The molecule has 0 aliphatic carbocycles. The SMILES string of the molecule is c1ccc(-c2cccc3c2sc2ccccc23)c(-c2ccc(N(c3ccc(-c4ccc5sc6ccccc6c5c4)cc3)c3cc4ccccc4c4ccccc34)cc2)c1. The maximum atomic E-state index is 2.43. The Morgan fingerprint density at radius 3 is 1.58 bits per heavy atom. The summed E-state index contributed by atoms with van der Waals surface area (Å²) < 4.78 is 5.31. The molecule has 0 spiro atoms. The molecular formula is C56H35NS2. The minimum absolute atomic E-state index is 1.11. The molecule has 3 heteroatoms. The normalized spacial score (nSPS) is 11.7. The molecule has 2 aromatic heterocycles. The molecule has 59 heavy (non-hydrogen) atoms. The highest BCUT2D eigenvalue weighted by Crippen LogP contribution is 2.46. The Morgan fingerprint density at radius 1 is 0.288 bits per heavy atom. The lowest BCUT2D eigenvalue weighted by molar-refractivity contribution is 1.30. The molecule has 0 saturated heterocycles. The second-order valence-electron chi connectivity index (χ2n) is 15.2. The van der Waals surface area contributed by atoms with Crippen molar-refractivity contribution in [1.82, 2.24) is 0 Å². The molecule has 0 saturated carbocycles. The van der Waals surface area contributed by atoms with Crippen LogP contribution in [0.25, 0.3) is 95.3 Å². The number of anilines is 3. The van der Waals surface area contributed by atoms with Gasteiger partial charge in [0.2, 0.25) is 0 Å². The number of hydrogen-bond acceptors (Lipinski definition) is 3. The van der Waals surface area contributed by atoms with Crippen molar-refractivity contribution in [2.24, 2.45) is 0 Å². The van der Waals surface area contributed by atoms with Gasteiger partial charge in [-0.05, 0) is 98.6 Å². The lowest BCUT2D eigenvalue weighted by Crippen LogP contribution is -2.10. The molecule has 0 radical (unpaired) electrons. The van der Waals surface area contributed by atoms with Gasteiger partial charge in [0.25, 0.3) is 0 Å². The number of fused-ring (bicyclic) bond motifs is 9. The van der Waals surface area contributed by atoms with Crippen molar-refractivity contribution < 1.29 is 0 Å². The number of rotatable bonds is 6. The van der Waals surface area contributed by atoms with E-state index in [4.69, 9.17) is 0 Å². The first-order valence-electron chi connectivity index (χ1n) is 20.1. The van der Waals surface area contributed by atoms with E-state index in [2.05, 4.69) is 217 Å². The molecule has 10 aromatic carbocycles. The monoisotopic (exact) mass is 785 g/mol. The van der Waals surface area contributed by atoms with E-state index in [9.17, 15) is 0 Å². The summed E-state index contributed by atoms with van der Waals surface area (Å²) >= 11 is 3.75. The summed E-state index contributed by atoms with van der Waals surface area (Å²) in [6.45, 7) is 0. The molecule has 0 aliphatic heterocycles. The highest BCUT2D eigenvalue weighted by atomic mass is 32.1. The summed E-state index contributed by atoms with van der Waals surface area (Å²) in [5.41, 5.74) is 10.8. The van der Waals surface area contributed by atoms with Crippen molar-refractivity contribution in [3.8, 4) is 33.4 Å². The van der Waals surface area contributed by atoms with Crippen LogP contribution in [0.15, 0.2) is 212 Å². The molecule has 2 heterocycles. The van der Waals surface area contributed by atoms with Gasteiger partial charge in [-0.25, -0.2) is 0 Å². The van der Waals surface area contributed by atoms with Crippen LogP contribution in [0, 0.1) is 0 Å². The Labute approximate surface area is 350 Å². The van der Waals surface area contributed by atoms with Gasteiger partial charge in [0.1, 0.15) is 0 Å². The highest BCUT2D eigenvalue weighted by molar-refractivity contribution is 7.26. The van der Waals surface area contributed by atoms with Crippen LogP contribution in [-0.4, -0.2) is 0 Å². The molecule has 0 N–H and O–H groups in total. The molecule has 0 fully saturated rings. The second-order valence-corrected chi connectivity index (χ2v) is 17.4.